The SMILES string of the molecule is C#CCOc1nc(NN)c(Cl)cc1Cl. The molecule has 0 radical (unpaired) electrons. The molecule has 0 aliphatic heterocycles. The zero-order valence-electron chi connectivity index (χ0n) is 7.05. The van der Waals surface area contributed by atoms with E-state index in [1.807, 2.05) is 0 Å². The number of anilines is 1. The van der Waals surface area contributed by atoms with Crippen molar-refractivity contribution in [2.45, 2.75) is 0 Å². The standard InChI is InChI=1S/C8H7Cl2N3O/c1-2-3-14-8-6(10)4-5(9)7(12-8)13-11/h1,4H,3,11H2,(H,12,13). The molecule has 1 aromatic rings. The molecule has 0 aliphatic rings. The van der Waals surface area contributed by atoms with Gasteiger partial charge < -0.3 is 10.2 Å². The fourth-order valence-corrected chi connectivity index (χ4v) is 1.23. The number of pyridine rings is 1. The molecular formula is C8H7Cl2N3O. The minimum Gasteiger partial charge on any atom is -0.463 e. The lowest BCUT2D eigenvalue weighted by atomic mass is 10.4. The van der Waals surface area contributed by atoms with E-state index in [1.165, 1.54) is 6.07 Å². The van der Waals surface area contributed by atoms with Crippen LogP contribution >= 0.6 is 23.2 Å². The summed E-state index contributed by atoms with van der Waals surface area (Å²) in [5, 5.41) is 0.592. The highest BCUT2D eigenvalue weighted by atomic mass is 35.5. The maximum atomic E-state index is 5.79. The second-order valence-electron chi connectivity index (χ2n) is 2.24. The Morgan fingerprint density at radius 3 is 2.86 bits per heavy atom. The maximum absolute atomic E-state index is 5.79. The molecule has 14 heavy (non-hydrogen) atoms. The Morgan fingerprint density at radius 1 is 1.57 bits per heavy atom. The van der Waals surface area contributed by atoms with Crippen molar-refractivity contribution in [2.24, 2.45) is 5.84 Å². The van der Waals surface area contributed by atoms with Gasteiger partial charge in [-0.25, -0.2) is 5.84 Å². The van der Waals surface area contributed by atoms with Gasteiger partial charge in [-0.2, -0.15) is 4.98 Å². The maximum Gasteiger partial charge on any atom is 0.235 e. The van der Waals surface area contributed by atoms with Crippen LogP contribution in [0.4, 0.5) is 5.82 Å². The molecule has 6 heteroatoms. The number of nitrogens with zero attached hydrogens (tertiary/aromatic N) is 1. The Balaban J connectivity index is 2.99. The number of hydrogen-bond donors (Lipinski definition) is 2. The van der Waals surface area contributed by atoms with Crippen molar-refractivity contribution in [3.05, 3.63) is 16.1 Å². The van der Waals surface area contributed by atoms with Crippen LogP contribution in [0.25, 0.3) is 0 Å². The van der Waals surface area contributed by atoms with Gasteiger partial charge in [0.1, 0.15) is 5.02 Å². The highest BCUT2D eigenvalue weighted by molar-refractivity contribution is 6.36. The van der Waals surface area contributed by atoms with Gasteiger partial charge in [0.15, 0.2) is 12.4 Å². The molecule has 0 atom stereocenters. The predicted octanol–water partition coefficient (Wildman–Crippen LogP) is 1.69. The summed E-state index contributed by atoms with van der Waals surface area (Å²) in [6.45, 7) is 0.0817. The first-order valence-corrected chi connectivity index (χ1v) is 4.33. The van der Waals surface area contributed by atoms with Crippen LogP contribution in [0.1, 0.15) is 0 Å². The molecule has 0 aromatic carbocycles. The van der Waals surface area contributed by atoms with Crippen LogP contribution in [-0.2, 0) is 0 Å². The molecular weight excluding hydrogens is 225 g/mol. The van der Waals surface area contributed by atoms with Gasteiger partial charge in [-0.1, -0.05) is 29.1 Å². The zero-order chi connectivity index (χ0) is 10.6. The third-order valence-corrected chi connectivity index (χ3v) is 1.89. The number of terminal acetylenes is 1. The van der Waals surface area contributed by atoms with Gasteiger partial charge in [-0.05, 0) is 6.07 Å². The van der Waals surface area contributed by atoms with Crippen LogP contribution in [0, 0.1) is 12.3 Å². The van der Waals surface area contributed by atoms with Crippen molar-refractivity contribution >= 4 is 29.0 Å². The first kappa shape index (κ1) is 10.9. The molecule has 0 saturated heterocycles. The van der Waals surface area contributed by atoms with E-state index in [4.69, 9.17) is 40.2 Å². The quantitative estimate of drug-likeness (QED) is 0.473. The lowest BCUT2D eigenvalue weighted by Crippen LogP contribution is -2.10. The summed E-state index contributed by atoms with van der Waals surface area (Å²) in [4.78, 5) is 3.91. The fourth-order valence-electron chi connectivity index (χ4n) is 0.762. The molecule has 74 valence electrons. The molecule has 1 rings (SSSR count). The van der Waals surface area contributed by atoms with Crippen molar-refractivity contribution in [3.8, 4) is 18.2 Å². The number of hydrogen-bond acceptors (Lipinski definition) is 4. The molecule has 0 saturated carbocycles. The summed E-state index contributed by atoms with van der Waals surface area (Å²) in [5.41, 5.74) is 2.31. The normalized spacial score (nSPS) is 9.29. The average Bonchev–Trinajstić information content (AvgIpc) is 2.17. The highest BCUT2D eigenvalue weighted by Gasteiger charge is 2.08. The van der Waals surface area contributed by atoms with E-state index in [0.717, 1.165) is 0 Å². The number of ether oxygens (including phenoxy) is 1. The van der Waals surface area contributed by atoms with Crippen molar-refractivity contribution < 1.29 is 4.74 Å². The lowest BCUT2D eigenvalue weighted by molar-refractivity contribution is 0.356. The number of nitrogens with one attached hydrogen (secondary N) is 1. The second-order valence-corrected chi connectivity index (χ2v) is 3.06. The van der Waals surface area contributed by atoms with Gasteiger partial charge in [0.2, 0.25) is 5.88 Å². The summed E-state index contributed by atoms with van der Waals surface area (Å²) in [7, 11) is 0. The van der Waals surface area contributed by atoms with E-state index in [2.05, 4.69) is 16.3 Å². The lowest BCUT2D eigenvalue weighted by Gasteiger charge is -2.07. The molecule has 0 spiro atoms. The first-order chi connectivity index (χ1) is 6.69. The van der Waals surface area contributed by atoms with E-state index >= 15 is 0 Å². The molecule has 0 unspecified atom stereocenters. The Morgan fingerprint density at radius 2 is 2.29 bits per heavy atom. The summed E-state index contributed by atoms with van der Waals surface area (Å²) in [6.07, 6.45) is 5.01. The minimum absolute atomic E-state index is 0.0817. The zero-order valence-corrected chi connectivity index (χ0v) is 8.56. The van der Waals surface area contributed by atoms with E-state index in [9.17, 15) is 0 Å². The Bertz CT molecular complexity index is 376. The summed E-state index contributed by atoms with van der Waals surface area (Å²) in [5.74, 6) is 7.93. The molecule has 0 amide bonds. The number of rotatable bonds is 3. The van der Waals surface area contributed by atoms with Gasteiger partial charge in [0.05, 0.1) is 5.02 Å². The van der Waals surface area contributed by atoms with Crippen molar-refractivity contribution in [1.82, 2.24) is 4.98 Å². The number of hydrazine groups is 1. The third kappa shape index (κ3) is 2.42. The third-order valence-electron chi connectivity index (χ3n) is 1.33. The van der Waals surface area contributed by atoms with Gasteiger partial charge in [0, 0.05) is 0 Å². The van der Waals surface area contributed by atoms with Crippen molar-refractivity contribution in [3.63, 3.8) is 0 Å². The largest absolute Gasteiger partial charge is 0.463 e. The topological polar surface area (TPSA) is 60.2 Å². The van der Waals surface area contributed by atoms with Crippen LogP contribution in [0.15, 0.2) is 6.07 Å². The summed E-state index contributed by atoms with van der Waals surface area (Å²) >= 11 is 11.5. The van der Waals surface area contributed by atoms with E-state index in [-0.39, 0.29) is 23.3 Å². The van der Waals surface area contributed by atoms with Gasteiger partial charge >= 0.3 is 0 Å². The first-order valence-electron chi connectivity index (χ1n) is 3.58. The van der Waals surface area contributed by atoms with Gasteiger partial charge in [0.25, 0.3) is 0 Å². The monoisotopic (exact) mass is 231 g/mol. The summed E-state index contributed by atoms with van der Waals surface area (Å²) < 4.78 is 5.05. The number of nitrogen functional groups attached to an aromatic ring is 1. The minimum atomic E-state index is 0.0817. The van der Waals surface area contributed by atoms with E-state index in [0.29, 0.717) is 5.02 Å². The van der Waals surface area contributed by atoms with Crippen LogP contribution in [0.3, 0.4) is 0 Å². The van der Waals surface area contributed by atoms with Crippen LogP contribution in [0.5, 0.6) is 5.88 Å². The van der Waals surface area contributed by atoms with E-state index < -0.39 is 0 Å². The summed E-state index contributed by atoms with van der Waals surface area (Å²) in [6, 6.07) is 1.47. The van der Waals surface area contributed by atoms with Gasteiger partial charge in [-0.3, -0.25) is 0 Å². The molecule has 1 aromatic heterocycles. The fraction of sp³-hybridized carbons (Fsp3) is 0.125. The molecule has 1 heterocycles. The molecule has 4 nitrogen and oxygen atoms in total. The van der Waals surface area contributed by atoms with Crippen LogP contribution in [0.2, 0.25) is 10.0 Å². The van der Waals surface area contributed by atoms with Crippen LogP contribution < -0.4 is 16.0 Å². The molecule has 3 N–H and O–H groups in total. The van der Waals surface area contributed by atoms with E-state index in [1.54, 1.807) is 0 Å². The van der Waals surface area contributed by atoms with Crippen LogP contribution in [-0.4, -0.2) is 11.6 Å². The Kier molecular flexibility index (Phi) is 3.84. The smallest absolute Gasteiger partial charge is 0.235 e. The Labute approximate surface area is 91.3 Å². The Hall–Kier alpha value is -1.15. The molecule has 0 bridgehead atoms. The number of nitrogens with two attached hydrogens (primary N) is 1. The molecule has 0 aliphatic carbocycles. The van der Waals surface area contributed by atoms with Gasteiger partial charge in [-0.15, -0.1) is 6.42 Å². The predicted molar refractivity (Wildman–Crippen MR) is 56.4 cm³/mol. The number of halogens is 2. The average molecular weight is 232 g/mol. The second kappa shape index (κ2) is 4.91. The number of aromatic nitrogens is 1. The van der Waals surface area contributed by atoms with Crippen molar-refractivity contribution in [2.75, 3.05) is 12.0 Å². The highest BCUT2D eigenvalue weighted by Crippen LogP contribution is 2.29. The molecule has 0 fully saturated rings. The van der Waals surface area contributed by atoms with Crippen molar-refractivity contribution in [1.29, 1.82) is 0 Å².